The van der Waals surface area contributed by atoms with Crippen molar-refractivity contribution in [1.82, 2.24) is 10.2 Å². The summed E-state index contributed by atoms with van der Waals surface area (Å²) in [5.41, 5.74) is 1.28. The van der Waals surface area contributed by atoms with Gasteiger partial charge in [-0.15, -0.1) is 11.8 Å². The van der Waals surface area contributed by atoms with Gasteiger partial charge in [0, 0.05) is 18.2 Å². The van der Waals surface area contributed by atoms with Crippen LogP contribution in [0.15, 0.2) is 30.3 Å². The Kier molecular flexibility index (Phi) is 4.67. The molecule has 2 heterocycles. The second-order valence-corrected chi connectivity index (χ2v) is 8.20. The third kappa shape index (κ3) is 3.39. The van der Waals surface area contributed by atoms with Gasteiger partial charge in [-0.05, 0) is 38.7 Å². The van der Waals surface area contributed by atoms with Gasteiger partial charge in [0.25, 0.3) is 0 Å². The van der Waals surface area contributed by atoms with Crippen molar-refractivity contribution in [3.05, 3.63) is 35.9 Å². The molecule has 2 fully saturated rings. The summed E-state index contributed by atoms with van der Waals surface area (Å²) in [6.07, 6.45) is 3.27. The zero-order chi connectivity index (χ0) is 16.4. The first-order valence-electron chi connectivity index (χ1n) is 8.30. The summed E-state index contributed by atoms with van der Waals surface area (Å²) in [6.45, 7) is 4.11. The molecule has 2 aliphatic rings. The SMILES string of the molecule is C[C@H](CCc1ccccc1)NC(=O)[C@H]1CS[C@@]2(C)CCC(=O)N12. The van der Waals surface area contributed by atoms with Crippen LogP contribution in [0, 0.1) is 0 Å². The molecule has 0 saturated carbocycles. The van der Waals surface area contributed by atoms with Crippen molar-refractivity contribution in [2.75, 3.05) is 5.75 Å². The molecule has 0 unspecified atom stereocenters. The van der Waals surface area contributed by atoms with Crippen LogP contribution in [-0.2, 0) is 16.0 Å². The third-order valence-electron chi connectivity index (χ3n) is 4.85. The summed E-state index contributed by atoms with van der Waals surface area (Å²) < 4.78 is 0. The summed E-state index contributed by atoms with van der Waals surface area (Å²) >= 11 is 1.74. The number of rotatable bonds is 5. The van der Waals surface area contributed by atoms with E-state index in [1.165, 1.54) is 5.56 Å². The van der Waals surface area contributed by atoms with Crippen LogP contribution < -0.4 is 5.32 Å². The molecule has 1 aromatic carbocycles. The maximum Gasteiger partial charge on any atom is 0.243 e. The molecule has 0 aliphatic carbocycles. The minimum absolute atomic E-state index is 0.00274. The fourth-order valence-corrected chi connectivity index (χ4v) is 4.89. The van der Waals surface area contributed by atoms with Crippen LogP contribution in [0.4, 0.5) is 0 Å². The molecule has 1 N–H and O–H groups in total. The quantitative estimate of drug-likeness (QED) is 0.901. The number of aryl methyl sites for hydroxylation is 1. The van der Waals surface area contributed by atoms with Gasteiger partial charge in [-0.3, -0.25) is 9.59 Å². The zero-order valence-corrected chi connectivity index (χ0v) is 14.6. The maximum atomic E-state index is 12.6. The second kappa shape index (κ2) is 6.56. The minimum atomic E-state index is -0.306. The average Bonchev–Trinajstić information content (AvgIpc) is 3.03. The van der Waals surface area contributed by atoms with Gasteiger partial charge in [0.15, 0.2) is 0 Å². The fraction of sp³-hybridized carbons (Fsp3) is 0.556. The number of hydrogen-bond acceptors (Lipinski definition) is 3. The van der Waals surface area contributed by atoms with E-state index in [1.54, 1.807) is 11.8 Å². The minimum Gasteiger partial charge on any atom is -0.352 e. The molecule has 0 radical (unpaired) electrons. The van der Waals surface area contributed by atoms with E-state index in [2.05, 4.69) is 24.4 Å². The number of carbonyl (C=O) groups excluding carboxylic acids is 2. The van der Waals surface area contributed by atoms with Crippen molar-refractivity contribution in [3.8, 4) is 0 Å². The van der Waals surface area contributed by atoms with Crippen LogP contribution in [0.2, 0.25) is 0 Å². The summed E-state index contributed by atoms with van der Waals surface area (Å²) in [6, 6.07) is 10.1. The van der Waals surface area contributed by atoms with Gasteiger partial charge in [0.1, 0.15) is 6.04 Å². The Morgan fingerprint density at radius 2 is 2.17 bits per heavy atom. The smallest absolute Gasteiger partial charge is 0.243 e. The molecule has 23 heavy (non-hydrogen) atoms. The summed E-state index contributed by atoms with van der Waals surface area (Å²) in [4.78, 5) is 26.3. The molecule has 2 amide bonds. The summed E-state index contributed by atoms with van der Waals surface area (Å²) in [5.74, 6) is 0.825. The largest absolute Gasteiger partial charge is 0.352 e. The number of nitrogens with zero attached hydrogens (tertiary/aromatic N) is 1. The van der Waals surface area contributed by atoms with E-state index in [0.29, 0.717) is 12.2 Å². The van der Waals surface area contributed by atoms with Gasteiger partial charge in [-0.25, -0.2) is 0 Å². The van der Waals surface area contributed by atoms with E-state index in [-0.39, 0.29) is 28.8 Å². The highest BCUT2D eigenvalue weighted by Gasteiger charge is 2.52. The molecule has 124 valence electrons. The predicted molar refractivity (Wildman–Crippen MR) is 93.1 cm³/mol. The molecule has 5 heteroatoms. The van der Waals surface area contributed by atoms with Crippen molar-refractivity contribution in [1.29, 1.82) is 0 Å². The molecule has 4 nitrogen and oxygen atoms in total. The van der Waals surface area contributed by atoms with Crippen molar-refractivity contribution in [2.24, 2.45) is 0 Å². The molecule has 0 aromatic heterocycles. The predicted octanol–water partition coefficient (Wildman–Crippen LogP) is 2.58. The number of benzene rings is 1. The molecule has 0 bridgehead atoms. The Labute approximate surface area is 142 Å². The van der Waals surface area contributed by atoms with Gasteiger partial charge in [-0.1, -0.05) is 30.3 Å². The number of hydrogen-bond donors (Lipinski definition) is 1. The summed E-state index contributed by atoms with van der Waals surface area (Å²) in [5, 5.41) is 3.10. The van der Waals surface area contributed by atoms with Gasteiger partial charge >= 0.3 is 0 Å². The third-order valence-corrected chi connectivity index (χ3v) is 6.35. The Morgan fingerprint density at radius 1 is 1.43 bits per heavy atom. The van der Waals surface area contributed by atoms with Crippen molar-refractivity contribution in [2.45, 2.75) is 56.5 Å². The normalized spacial score (nSPS) is 27.8. The molecule has 1 aromatic rings. The molecule has 2 saturated heterocycles. The zero-order valence-electron chi connectivity index (χ0n) is 13.7. The number of amides is 2. The standard InChI is InChI=1S/C18H24N2O2S/c1-13(8-9-14-6-4-3-5-7-14)19-17(22)15-12-23-18(2)11-10-16(21)20(15)18/h3-7,13,15H,8-12H2,1-2H3,(H,19,22)/t13-,15-,18+/m1/s1. The highest BCUT2D eigenvalue weighted by molar-refractivity contribution is 8.01. The van der Waals surface area contributed by atoms with Crippen LogP contribution in [0.5, 0.6) is 0 Å². The Hall–Kier alpha value is -1.49. The lowest BCUT2D eigenvalue weighted by molar-refractivity contribution is -0.138. The van der Waals surface area contributed by atoms with Gasteiger partial charge in [0.05, 0.1) is 4.87 Å². The number of fused-ring (bicyclic) bond motifs is 1. The second-order valence-electron chi connectivity index (χ2n) is 6.70. The first-order chi connectivity index (χ1) is 11.0. The van der Waals surface area contributed by atoms with Gasteiger partial charge in [-0.2, -0.15) is 0 Å². The fourth-order valence-electron chi connectivity index (χ4n) is 3.45. The molecule has 0 spiro atoms. The maximum absolute atomic E-state index is 12.6. The Bertz CT molecular complexity index is 592. The van der Waals surface area contributed by atoms with Crippen molar-refractivity contribution >= 4 is 23.6 Å². The highest BCUT2D eigenvalue weighted by atomic mass is 32.2. The Morgan fingerprint density at radius 3 is 2.91 bits per heavy atom. The van der Waals surface area contributed by atoms with E-state index in [0.717, 1.165) is 19.3 Å². The van der Waals surface area contributed by atoms with Crippen LogP contribution >= 0.6 is 11.8 Å². The van der Waals surface area contributed by atoms with E-state index >= 15 is 0 Å². The highest BCUT2D eigenvalue weighted by Crippen LogP contribution is 2.47. The van der Waals surface area contributed by atoms with Crippen molar-refractivity contribution in [3.63, 3.8) is 0 Å². The number of thioether (sulfide) groups is 1. The average molecular weight is 332 g/mol. The van der Waals surface area contributed by atoms with Crippen LogP contribution in [0.1, 0.15) is 38.7 Å². The first-order valence-corrected chi connectivity index (χ1v) is 9.28. The van der Waals surface area contributed by atoms with Crippen LogP contribution in [0.25, 0.3) is 0 Å². The van der Waals surface area contributed by atoms with Crippen LogP contribution in [-0.4, -0.2) is 39.4 Å². The Balaban J connectivity index is 1.54. The van der Waals surface area contributed by atoms with Gasteiger partial charge in [0.2, 0.25) is 11.8 Å². The van der Waals surface area contributed by atoms with E-state index < -0.39 is 0 Å². The first kappa shape index (κ1) is 16.4. The number of nitrogens with one attached hydrogen (secondary N) is 1. The lowest BCUT2D eigenvalue weighted by Gasteiger charge is -2.30. The van der Waals surface area contributed by atoms with E-state index in [1.807, 2.05) is 30.0 Å². The topological polar surface area (TPSA) is 49.4 Å². The molecule has 3 rings (SSSR count). The van der Waals surface area contributed by atoms with Crippen LogP contribution in [0.3, 0.4) is 0 Å². The van der Waals surface area contributed by atoms with E-state index in [4.69, 9.17) is 0 Å². The molecular formula is C18H24N2O2S. The van der Waals surface area contributed by atoms with Gasteiger partial charge < -0.3 is 10.2 Å². The lowest BCUT2D eigenvalue weighted by Crippen LogP contribution is -2.51. The number of carbonyl (C=O) groups is 2. The van der Waals surface area contributed by atoms with E-state index in [9.17, 15) is 9.59 Å². The monoisotopic (exact) mass is 332 g/mol. The molecular weight excluding hydrogens is 308 g/mol. The summed E-state index contributed by atoms with van der Waals surface area (Å²) in [7, 11) is 0. The molecule has 3 atom stereocenters. The molecule has 2 aliphatic heterocycles. The lowest BCUT2D eigenvalue weighted by atomic mass is 10.1. The van der Waals surface area contributed by atoms with Crippen molar-refractivity contribution < 1.29 is 9.59 Å².